The second-order valence-electron chi connectivity index (χ2n) is 8.94. The Morgan fingerprint density at radius 2 is 1.89 bits per heavy atom. The lowest BCUT2D eigenvalue weighted by Crippen LogP contribution is -2.39. The standard InChI is InChI=1S/C28H22F2N6/c29-20-7-8-25(30)23(11-20)26-12-22(21-2-1-9-33-28(21)35-26)19-10-18(13-32-14-19)16-3-5-17(6-4-16)24-15-34-36-27(24)31/h1-5,7-15,17,24,27,36H,6,31H2. The molecule has 3 aromatic heterocycles. The molecule has 36 heavy (non-hydrogen) atoms. The molecule has 0 radical (unpaired) electrons. The van der Waals surface area contributed by atoms with Crippen molar-refractivity contribution in [3.63, 3.8) is 0 Å². The van der Waals surface area contributed by atoms with E-state index in [9.17, 15) is 8.78 Å². The third kappa shape index (κ3) is 4.05. The molecule has 2 aliphatic rings. The van der Waals surface area contributed by atoms with Crippen LogP contribution in [0.1, 0.15) is 12.0 Å². The highest BCUT2D eigenvalue weighted by atomic mass is 19.1. The number of nitrogens with zero attached hydrogens (tertiary/aromatic N) is 4. The SMILES string of the molecule is NC1NN=CC1C1C=CC(c2cncc(-c3cc(-c4cc(F)ccc4F)nc4ncccc34)c2)=CC1. The van der Waals surface area contributed by atoms with Crippen LogP contribution < -0.4 is 11.2 Å². The van der Waals surface area contributed by atoms with E-state index in [2.05, 4.69) is 43.7 Å². The fourth-order valence-corrected chi connectivity index (χ4v) is 4.78. The number of hydrogen-bond donors (Lipinski definition) is 2. The fourth-order valence-electron chi connectivity index (χ4n) is 4.78. The molecule has 3 N–H and O–H groups in total. The van der Waals surface area contributed by atoms with Gasteiger partial charge in [-0.3, -0.25) is 10.4 Å². The molecule has 1 aliphatic carbocycles. The number of nitrogens with two attached hydrogens (primary N) is 1. The van der Waals surface area contributed by atoms with Crippen LogP contribution in [0.5, 0.6) is 0 Å². The average molecular weight is 481 g/mol. The third-order valence-corrected chi connectivity index (χ3v) is 6.68. The summed E-state index contributed by atoms with van der Waals surface area (Å²) in [6, 6.07) is 10.9. The van der Waals surface area contributed by atoms with Gasteiger partial charge in [0.05, 0.1) is 11.9 Å². The summed E-state index contributed by atoms with van der Waals surface area (Å²) in [6.45, 7) is 0. The largest absolute Gasteiger partial charge is 0.310 e. The summed E-state index contributed by atoms with van der Waals surface area (Å²) in [4.78, 5) is 13.4. The van der Waals surface area contributed by atoms with Crippen LogP contribution >= 0.6 is 0 Å². The summed E-state index contributed by atoms with van der Waals surface area (Å²) < 4.78 is 28.5. The Morgan fingerprint density at radius 3 is 2.69 bits per heavy atom. The molecule has 6 rings (SSSR count). The maximum atomic E-state index is 14.6. The van der Waals surface area contributed by atoms with Crippen LogP contribution in [0.4, 0.5) is 8.78 Å². The lowest BCUT2D eigenvalue weighted by Gasteiger charge is -2.23. The highest BCUT2D eigenvalue weighted by Gasteiger charge is 2.28. The molecular formula is C28H22F2N6. The van der Waals surface area contributed by atoms with Gasteiger partial charge in [0.2, 0.25) is 0 Å². The first-order chi connectivity index (χ1) is 17.6. The third-order valence-electron chi connectivity index (χ3n) is 6.68. The molecule has 3 atom stereocenters. The summed E-state index contributed by atoms with van der Waals surface area (Å²) in [5.74, 6) is -0.654. The molecule has 0 saturated heterocycles. The molecule has 0 fully saturated rings. The Bertz CT molecular complexity index is 1560. The second kappa shape index (κ2) is 9.05. The van der Waals surface area contributed by atoms with Gasteiger partial charge in [0, 0.05) is 52.8 Å². The Labute approximate surface area is 206 Å². The Morgan fingerprint density at radius 1 is 1.00 bits per heavy atom. The van der Waals surface area contributed by atoms with Crippen molar-refractivity contribution >= 4 is 22.8 Å². The van der Waals surface area contributed by atoms with Crippen LogP contribution in [-0.4, -0.2) is 27.3 Å². The molecular weight excluding hydrogens is 458 g/mol. The summed E-state index contributed by atoms with van der Waals surface area (Å²) in [7, 11) is 0. The minimum atomic E-state index is -0.550. The van der Waals surface area contributed by atoms with E-state index in [1.54, 1.807) is 18.5 Å². The van der Waals surface area contributed by atoms with Crippen molar-refractivity contribution in [2.24, 2.45) is 22.7 Å². The van der Waals surface area contributed by atoms with Crippen LogP contribution in [0.2, 0.25) is 0 Å². The van der Waals surface area contributed by atoms with Crippen molar-refractivity contribution in [2.75, 3.05) is 0 Å². The fraction of sp³-hybridized carbons (Fsp3) is 0.143. The zero-order chi connectivity index (χ0) is 24.6. The molecule has 3 unspecified atom stereocenters. The van der Waals surface area contributed by atoms with Crippen LogP contribution in [0, 0.1) is 23.5 Å². The summed E-state index contributed by atoms with van der Waals surface area (Å²) in [5.41, 5.74) is 13.5. The Kier molecular flexibility index (Phi) is 5.58. The highest BCUT2D eigenvalue weighted by molar-refractivity contribution is 5.95. The van der Waals surface area contributed by atoms with Crippen molar-refractivity contribution in [1.29, 1.82) is 0 Å². The predicted molar refractivity (Wildman–Crippen MR) is 136 cm³/mol. The minimum Gasteiger partial charge on any atom is -0.310 e. The smallest absolute Gasteiger partial charge is 0.160 e. The van der Waals surface area contributed by atoms with E-state index in [0.29, 0.717) is 11.3 Å². The molecule has 1 aliphatic heterocycles. The summed E-state index contributed by atoms with van der Waals surface area (Å²) in [6.07, 6.45) is 14.2. The van der Waals surface area contributed by atoms with Crippen LogP contribution in [0.3, 0.4) is 0 Å². The number of allylic oxidation sites excluding steroid dienone is 4. The van der Waals surface area contributed by atoms with Gasteiger partial charge in [0.15, 0.2) is 5.65 Å². The number of pyridine rings is 3. The van der Waals surface area contributed by atoms with Gasteiger partial charge in [-0.05, 0) is 65.9 Å². The van der Waals surface area contributed by atoms with Gasteiger partial charge in [-0.1, -0.05) is 18.2 Å². The molecule has 0 bridgehead atoms. The van der Waals surface area contributed by atoms with Crippen molar-refractivity contribution in [3.8, 4) is 22.4 Å². The first kappa shape index (κ1) is 22.2. The molecule has 0 saturated carbocycles. The monoisotopic (exact) mass is 480 g/mol. The molecule has 4 heterocycles. The quantitative estimate of drug-likeness (QED) is 0.425. The van der Waals surface area contributed by atoms with Crippen LogP contribution in [0.15, 0.2) is 84.4 Å². The van der Waals surface area contributed by atoms with Gasteiger partial charge in [-0.15, -0.1) is 0 Å². The van der Waals surface area contributed by atoms with Gasteiger partial charge < -0.3 is 5.73 Å². The van der Waals surface area contributed by atoms with Crippen LogP contribution in [-0.2, 0) is 0 Å². The topological polar surface area (TPSA) is 89.1 Å². The molecule has 0 spiro atoms. The summed E-state index contributed by atoms with van der Waals surface area (Å²) >= 11 is 0. The van der Waals surface area contributed by atoms with E-state index in [-0.39, 0.29) is 23.6 Å². The van der Waals surface area contributed by atoms with Crippen molar-refractivity contribution in [3.05, 3.63) is 96.5 Å². The summed E-state index contributed by atoms with van der Waals surface area (Å²) in [5, 5.41) is 4.89. The molecule has 6 nitrogen and oxygen atoms in total. The van der Waals surface area contributed by atoms with Gasteiger partial charge in [0.1, 0.15) is 11.6 Å². The zero-order valence-electron chi connectivity index (χ0n) is 19.1. The number of nitrogens with one attached hydrogen (secondary N) is 1. The lowest BCUT2D eigenvalue weighted by molar-refractivity contribution is 0.407. The maximum Gasteiger partial charge on any atom is 0.160 e. The van der Waals surface area contributed by atoms with E-state index >= 15 is 0 Å². The zero-order valence-corrected chi connectivity index (χ0v) is 19.1. The lowest BCUT2D eigenvalue weighted by atomic mass is 9.83. The first-order valence-electron chi connectivity index (χ1n) is 11.7. The minimum absolute atomic E-state index is 0.0834. The van der Waals surface area contributed by atoms with Gasteiger partial charge >= 0.3 is 0 Å². The van der Waals surface area contributed by atoms with E-state index in [0.717, 1.165) is 52.3 Å². The molecule has 4 aromatic rings. The number of hydrogen-bond acceptors (Lipinski definition) is 6. The van der Waals surface area contributed by atoms with E-state index in [4.69, 9.17) is 5.73 Å². The average Bonchev–Trinajstić information content (AvgIpc) is 3.35. The van der Waals surface area contributed by atoms with E-state index in [1.807, 2.05) is 30.6 Å². The maximum absolute atomic E-state index is 14.6. The van der Waals surface area contributed by atoms with Crippen molar-refractivity contribution in [2.45, 2.75) is 12.6 Å². The molecule has 8 heteroatoms. The number of hydrazone groups is 1. The first-order valence-corrected chi connectivity index (χ1v) is 11.7. The molecule has 1 aromatic carbocycles. The predicted octanol–water partition coefficient (Wildman–Crippen LogP) is 5.09. The van der Waals surface area contributed by atoms with Gasteiger partial charge in [-0.25, -0.2) is 18.7 Å². The van der Waals surface area contributed by atoms with Gasteiger partial charge in [0.25, 0.3) is 0 Å². The molecule has 178 valence electrons. The van der Waals surface area contributed by atoms with Gasteiger partial charge in [-0.2, -0.15) is 5.10 Å². The number of fused-ring (bicyclic) bond motifs is 1. The van der Waals surface area contributed by atoms with Crippen molar-refractivity contribution in [1.82, 2.24) is 20.4 Å². The number of rotatable bonds is 4. The van der Waals surface area contributed by atoms with Crippen LogP contribution in [0.25, 0.3) is 39.0 Å². The Balaban J connectivity index is 1.39. The second-order valence-corrected chi connectivity index (χ2v) is 8.94. The number of aromatic nitrogens is 3. The number of halogens is 2. The van der Waals surface area contributed by atoms with E-state index in [1.165, 1.54) is 0 Å². The van der Waals surface area contributed by atoms with E-state index < -0.39 is 11.6 Å². The van der Waals surface area contributed by atoms with Crippen molar-refractivity contribution < 1.29 is 8.78 Å². The highest BCUT2D eigenvalue weighted by Crippen LogP contribution is 2.35. The Hall–Kier alpha value is -4.30. The molecule has 0 amide bonds. The normalized spacial score (nSPS) is 21.0. The number of benzene rings is 1.